The van der Waals surface area contributed by atoms with Crippen molar-refractivity contribution < 1.29 is 8.83 Å². The molecule has 0 N–H and O–H groups in total. The number of nitrogens with zero attached hydrogens (tertiary/aromatic N) is 3. The summed E-state index contributed by atoms with van der Waals surface area (Å²) >= 11 is 0. The Morgan fingerprint density at radius 2 is 0.981 bits per heavy atom. The number of para-hydroxylation sites is 2. The third kappa shape index (κ3) is 4.46. The van der Waals surface area contributed by atoms with Crippen molar-refractivity contribution in [3.8, 4) is 45.3 Å². The molecule has 11 rings (SSSR count). The molecule has 3 heterocycles. The highest BCUT2D eigenvalue weighted by Gasteiger charge is 2.20. The number of benzene rings is 8. The van der Waals surface area contributed by atoms with E-state index < -0.39 is 0 Å². The van der Waals surface area contributed by atoms with Gasteiger partial charge in [-0.05, 0) is 63.7 Å². The van der Waals surface area contributed by atoms with Gasteiger partial charge in [0.15, 0.2) is 17.5 Å². The first kappa shape index (κ1) is 28.7. The molecule has 52 heavy (non-hydrogen) atoms. The fourth-order valence-electron chi connectivity index (χ4n) is 7.64. The molecular weight excluding hydrogens is 639 g/mol. The molecule has 0 unspecified atom stereocenters. The van der Waals surface area contributed by atoms with Crippen molar-refractivity contribution in [3.63, 3.8) is 0 Å². The van der Waals surface area contributed by atoms with Gasteiger partial charge in [0.05, 0.1) is 5.56 Å². The molecule has 242 valence electrons. The van der Waals surface area contributed by atoms with Crippen LogP contribution in [0.1, 0.15) is 0 Å². The SMILES string of the molecule is c1ccc(-c2ccc3oc4cc(-c5nc(-c6cccc7c6oc6ccccc67)nc(-c6cccc7ccc8ccccc8c67)n5)ccc4c3c2)cc1. The van der Waals surface area contributed by atoms with Crippen molar-refractivity contribution in [2.24, 2.45) is 0 Å². The lowest BCUT2D eigenvalue weighted by Gasteiger charge is -2.12. The molecule has 0 aliphatic rings. The standard InChI is InChI=1S/C47H27N3O2/c1-2-10-28(11-3-1)31-23-25-41-39(26-31)35-24-22-32(27-42(35)51-41)45-48-46(37-17-8-13-30-21-20-29-12-4-5-14-33(29)43(30)37)50-47(49-45)38-18-9-16-36-34-15-6-7-19-40(34)52-44(36)38/h1-27H. The zero-order valence-electron chi connectivity index (χ0n) is 27.7. The van der Waals surface area contributed by atoms with E-state index in [4.69, 9.17) is 23.8 Å². The molecule has 0 aliphatic heterocycles. The normalized spacial score (nSPS) is 11.8. The molecule has 0 amide bonds. The van der Waals surface area contributed by atoms with Gasteiger partial charge >= 0.3 is 0 Å². The second kappa shape index (κ2) is 11.2. The van der Waals surface area contributed by atoms with Crippen LogP contribution in [0.4, 0.5) is 0 Å². The maximum atomic E-state index is 6.47. The molecular formula is C47H27N3O2. The molecule has 5 nitrogen and oxygen atoms in total. The average molecular weight is 666 g/mol. The minimum atomic E-state index is 0.541. The van der Waals surface area contributed by atoms with Crippen LogP contribution in [-0.4, -0.2) is 15.0 Å². The Morgan fingerprint density at radius 1 is 0.327 bits per heavy atom. The van der Waals surface area contributed by atoms with E-state index in [1.54, 1.807) is 0 Å². The van der Waals surface area contributed by atoms with Crippen molar-refractivity contribution >= 4 is 65.4 Å². The Balaban J connectivity index is 1.15. The van der Waals surface area contributed by atoms with Crippen LogP contribution in [0.5, 0.6) is 0 Å². The van der Waals surface area contributed by atoms with Crippen LogP contribution in [-0.2, 0) is 0 Å². The molecule has 0 spiro atoms. The lowest BCUT2D eigenvalue weighted by Crippen LogP contribution is -2.01. The second-order valence-corrected chi connectivity index (χ2v) is 13.2. The van der Waals surface area contributed by atoms with Gasteiger partial charge in [-0.2, -0.15) is 0 Å². The van der Waals surface area contributed by atoms with Gasteiger partial charge in [-0.1, -0.05) is 127 Å². The molecule has 0 radical (unpaired) electrons. The van der Waals surface area contributed by atoms with Crippen LogP contribution >= 0.6 is 0 Å². The molecule has 0 fully saturated rings. The van der Waals surface area contributed by atoms with Gasteiger partial charge in [-0.3, -0.25) is 0 Å². The average Bonchev–Trinajstić information content (AvgIpc) is 3.78. The molecule has 0 saturated heterocycles. The molecule has 3 aromatic heterocycles. The highest BCUT2D eigenvalue weighted by Crippen LogP contribution is 2.39. The highest BCUT2D eigenvalue weighted by molar-refractivity contribution is 6.14. The highest BCUT2D eigenvalue weighted by atomic mass is 16.3. The van der Waals surface area contributed by atoms with E-state index in [-0.39, 0.29) is 0 Å². The molecule has 0 saturated carbocycles. The summed E-state index contributed by atoms with van der Waals surface area (Å²) in [5.41, 5.74) is 8.08. The van der Waals surface area contributed by atoms with Crippen LogP contribution < -0.4 is 0 Å². The van der Waals surface area contributed by atoms with Crippen molar-refractivity contribution in [2.45, 2.75) is 0 Å². The van der Waals surface area contributed by atoms with Gasteiger partial charge in [-0.15, -0.1) is 0 Å². The predicted octanol–water partition coefficient (Wildman–Crippen LogP) is 12.6. The monoisotopic (exact) mass is 665 g/mol. The zero-order chi connectivity index (χ0) is 34.2. The summed E-state index contributed by atoms with van der Waals surface area (Å²) < 4.78 is 12.9. The van der Waals surface area contributed by atoms with Crippen LogP contribution in [0, 0.1) is 0 Å². The zero-order valence-corrected chi connectivity index (χ0v) is 27.7. The quantitative estimate of drug-likeness (QED) is 0.175. The van der Waals surface area contributed by atoms with Crippen LogP contribution in [0.3, 0.4) is 0 Å². The van der Waals surface area contributed by atoms with Gasteiger partial charge in [0.25, 0.3) is 0 Å². The summed E-state index contributed by atoms with van der Waals surface area (Å²) in [4.78, 5) is 15.6. The summed E-state index contributed by atoms with van der Waals surface area (Å²) in [6.07, 6.45) is 0. The largest absolute Gasteiger partial charge is 0.456 e. The van der Waals surface area contributed by atoms with Crippen molar-refractivity contribution in [2.75, 3.05) is 0 Å². The van der Waals surface area contributed by atoms with E-state index in [0.717, 1.165) is 87.7 Å². The smallest absolute Gasteiger partial charge is 0.167 e. The van der Waals surface area contributed by atoms with Gasteiger partial charge < -0.3 is 8.83 Å². The Bertz CT molecular complexity index is 3190. The van der Waals surface area contributed by atoms with Crippen LogP contribution in [0.2, 0.25) is 0 Å². The first-order valence-corrected chi connectivity index (χ1v) is 17.3. The molecule has 0 atom stereocenters. The van der Waals surface area contributed by atoms with E-state index >= 15 is 0 Å². The maximum Gasteiger partial charge on any atom is 0.167 e. The van der Waals surface area contributed by atoms with Gasteiger partial charge in [0.2, 0.25) is 0 Å². The Kier molecular flexibility index (Phi) is 6.18. The minimum absolute atomic E-state index is 0.541. The van der Waals surface area contributed by atoms with E-state index in [0.29, 0.717) is 17.5 Å². The van der Waals surface area contributed by atoms with Crippen LogP contribution in [0.25, 0.3) is 111 Å². The number of hydrogen-bond acceptors (Lipinski definition) is 5. The third-order valence-electron chi connectivity index (χ3n) is 10.1. The number of aromatic nitrogens is 3. The molecule has 8 aromatic carbocycles. The predicted molar refractivity (Wildman–Crippen MR) is 211 cm³/mol. The van der Waals surface area contributed by atoms with Gasteiger partial charge in [-0.25, -0.2) is 15.0 Å². The number of furan rings is 2. The Labute approximate surface area is 297 Å². The van der Waals surface area contributed by atoms with Gasteiger partial charge in [0.1, 0.15) is 22.3 Å². The molecule has 0 bridgehead atoms. The Morgan fingerprint density at radius 3 is 1.90 bits per heavy atom. The van der Waals surface area contributed by atoms with Crippen molar-refractivity contribution in [1.29, 1.82) is 0 Å². The summed E-state index contributed by atoms with van der Waals surface area (Å²) in [6.45, 7) is 0. The number of fused-ring (bicyclic) bond motifs is 9. The number of hydrogen-bond donors (Lipinski definition) is 0. The second-order valence-electron chi connectivity index (χ2n) is 13.2. The topological polar surface area (TPSA) is 65.0 Å². The minimum Gasteiger partial charge on any atom is -0.456 e. The fourth-order valence-corrected chi connectivity index (χ4v) is 7.64. The first-order valence-electron chi connectivity index (χ1n) is 17.3. The van der Waals surface area contributed by atoms with E-state index in [9.17, 15) is 0 Å². The molecule has 5 heteroatoms. The van der Waals surface area contributed by atoms with E-state index in [2.05, 4.69) is 121 Å². The van der Waals surface area contributed by atoms with E-state index in [1.807, 2.05) is 42.5 Å². The van der Waals surface area contributed by atoms with Crippen molar-refractivity contribution in [3.05, 3.63) is 164 Å². The maximum absolute atomic E-state index is 6.47. The molecule has 11 aromatic rings. The summed E-state index contributed by atoms with van der Waals surface area (Å²) in [6, 6.07) is 56.4. The van der Waals surface area contributed by atoms with Crippen molar-refractivity contribution in [1.82, 2.24) is 15.0 Å². The lowest BCUT2D eigenvalue weighted by atomic mass is 9.97. The molecule has 0 aliphatic carbocycles. The van der Waals surface area contributed by atoms with Gasteiger partial charge in [0, 0.05) is 38.1 Å². The summed E-state index contributed by atoms with van der Waals surface area (Å²) in [5, 5.41) is 8.72. The lowest BCUT2D eigenvalue weighted by molar-refractivity contribution is 0.668. The fraction of sp³-hybridized carbons (Fsp3) is 0. The summed E-state index contributed by atoms with van der Waals surface area (Å²) in [5.74, 6) is 1.68. The van der Waals surface area contributed by atoms with E-state index in [1.165, 1.54) is 5.56 Å². The van der Waals surface area contributed by atoms with Crippen LogP contribution in [0.15, 0.2) is 173 Å². The Hall–Kier alpha value is -7.11. The first-order chi connectivity index (χ1) is 25.7. The summed E-state index contributed by atoms with van der Waals surface area (Å²) in [7, 11) is 0. The number of rotatable bonds is 4. The third-order valence-corrected chi connectivity index (χ3v) is 10.1.